The zero-order chi connectivity index (χ0) is 11.7. The Kier molecular flexibility index (Phi) is 2.45. The lowest BCUT2D eigenvalue weighted by molar-refractivity contribution is 1.09. The number of aryl methyl sites for hydroxylation is 1. The standard InChI is InChI=1S/C12H10N4S/c1-8-11(10-4-6-14-16-10)17-12(15-8)9-3-2-5-13-7-9/h2-7H,1H3,(H,14,16). The van der Waals surface area contributed by atoms with Crippen molar-refractivity contribution in [3.8, 4) is 21.1 Å². The number of rotatable bonds is 2. The van der Waals surface area contributed by atoms with Crippen LogP contribution in [-0.2, 0) is 0 Å². The molecule has 5 heteroatoms. The van der Waals surface area contributed by atoms with Crippen molar-refractivity contribution in [2.24, 2.45) is 0 Å². The molecule has 84 valence electrons. The van der Waals surface area contributed by atoms with E-state index in [2.05, 4.69) is 20.2 Å². The SMILES string of the molecule is Cc1nc(-c2cccnc2)sc1-c1cc[nH]n1. The smallest absolute Gasteiger partial charge is 0.125 e. The van der Waals surface area contributed by atoms with E-state index >= 15 is 0 Å². The number of hydrogen-bond donors (Lipinski definition) is 1. The molecule has 0 radical (unpaired) electrons. The molecule has 17 heavy (non-hydrogen) atoms. The van der Waals surface area contributed by atoms with E-state index in [-0.39, 0.29) is 0 Å². The van der Waals surface area contributed by atoms with Crippen molar-refractivity contribution in [2.75, 3.05) is 0 Å². The summed E-state index contributed by atoms with van der Waals surface area (Å²) in [5.74, 6) is 0. The molecule has 0 spiro atoms. The predicted octanol–water partition coefficient (Wildman–Crippen LogP) is 2.90. The summed E-state index contributed by atoms with van der Waals surface area (Å²) in [6.45, 7) is 2.00. The van der Waals surface area contributed by atoms with E-state index in [1.54, 1.807) is 17.5 Å². The fourth-order valence-corrected chi connectivity index (χ4v) is 2.66. The lowest BCUT2D eigenvalue weighted by Crippen LogP contribution is -1.79. The molecule has 0 unspecified atom stereocenters. The molecule has 4 nitrogen and oxygen atoms in total. The first kappa shape index (κ1) is 10.2. The van der Waals surface area contributed by atoms with Crippen molar-refractivity contribution < 1.29 is 0 Å². The van der Waals surface area contributed by atoms with Gasteiger partial charge in [-0.05, 0) is 25.1 Å². The Labute approximate surface area is 102 Å². The summed E-state index contributed by atoms with van der Waals surface area (Å²) in [4.78, 5) is 9.77. The van der Waals surface area contributed by atoms with Gasteiger partial charge in [0.1, 0.15) is 10.7 Å². The first-order valence-corrected chi connectivity index (χ1v) is 6.04. The van der Waals surface area contributed by atoms with E-state index in [1.165, 1.54) is 0 Å². The first-order valence-electron chi connectivity index (χ1n) is 5.22. The second kappa shape index (κ2) is 4.10. The second-order valence-electron chi connectivity index (χ2n) is 3.63. The van der Waals surface area contributed by atoms with Crippen LogP contribution in [0.2, 0.25) is 0 Å². The highest BCUT2D eigenvalue weighted by Crippen LogP contribution is 2.33. The molecule has 0 aliphatic heterocycles. The Hall–Kier alpha value is -2.01. The topological polar surface area (TPSA) is 54.5 Å². The Balaban J connectivity index is 2.08. The minimum atomic E-state index is 0.940. The van der Waals surface area contributed by atoms with Crippen LogP contribution in [0.15, 0.2) is 36.8 Å². The van der Waals surface area contributed by atoms with Gasteiger partial charge < -0.3 is 0 Å². The van der Waals surface area contributed by atoms with Gasteiger partial charge in [-0.1, -0.05) is 0 Å². The van der Waals surface area contributed by atoms with Crippen LogP contribution in [-0.4, -0.2) is 20.2 Å². The van der Waals surface area contributed by atoms with Crippen LogP contribution >= 0.6 is 11.3 Å². The number of hydrogen-bond acceptors (Lipinski definition) is 4. The van der Waals surface area contributed by atoms with Crippen molar-refractivity contribution in [2.45, 2.75) is 6.92 Å². The summed E-state index contributed by atoms with van der Waals surface area (Å²) in [6.07, 6.45) is 5.41. The number of aromatic amines is 1. The molecule has 3 aromatic rings. The summed E-state index contributed by atoms with van der Waals surface area (Å²) in [7, 11) is 0. The molecular weight excluding hydrogens is 232 g/mol. The van der Waals surface area contributed by atoms with Gasteiger partial charge in [-0.15, -0.1) is 11.3 Å². The van der Waals surface area contributed by atoms with Gasteiger partial charge in [0.15, 0.2) is 0 Å². The first-order chi connectivity index (χ1) is 8.34. The summed E-state index contributed by atoms with van der Waals surface area (Å²) in [6, 6.07) is 5.88. The lowest BCUT2D eigenvalue weighted by Gasteiger charge is -1.92. The van der Waals surface area contributed by atoms with Gasteiger partial charge in [0, 0.05) is 24.2 Å². The van der Waals surface area contributed by atoms with Crippen LogP contribution < -0.4 is 0 Å². The zero-order valence-electron chi connectivity index (χ0n) is 9.21. The molecule has 0 aromatic carbocycles. The number of thiazole rings is 1. The van der Waals surface area contributed by atoms with Crippen LogP contribution in [0, 0.1) is 6.92 Å². The van der Waals surface area contributed by atoms with Gasteiger partial charge in [0.25, 0.3) is 0 Å². The number of H-pyrrole nitrogens is 1. The highest BCUT2D eigenvalue weighted by molar-refractivity contribution is 7.18. The Bertz CT molecular complexity index is 613. The predicted molar refractivity (Wildman–Crippen MR) is 67.7 cm³/mol. The zero-order valence-corrected chi connectivity index (χ0v) is 10.0. The number of aromatic nitrogens is 4. The average Bonchev–Trinajstić information content (AvgIpc) is 2.99. The van der Waals surface area contributed by atoms with Crippen LogP contribution in [0.3, 0.4) is 0 Å². The maximum atomic E-state index is 4.56. The normalized spacial score (nSPS) is 10.6. The maximum Gasteiger partial charge on any atom is 0.125 e. The van der Waals surface area contributed by atoms with Gasteiger partial charge in [0.05, 0.1) is 10.6 Å². The van der Waals surface area contributed by atoms with E-state index < -0.39 is 0 Å². The molecule has 3 rings (SSSR count). The van der Waals surface area contributed by atoms with E-state index in [0.717, 1.165) is 26.8 Å². The highest BCUT2D eigenvalue weighted by Gasteiger charge is 2.12. The summed E-state index contributed by atoms with van der Waals surface area (Å²) < 4.78 is 0. The van der Waals surface area contributed by atoms with Crippen LogP contribution in [0.25, 0.3) is 21.1 Å². The summed E-state index contributed by atoms with van der Waals surface area (Å²) in [5, 5.41) is 7.99. The van der Waals surface area contributed by atoms with Crippen LogP contribution in [0.4, 0.5) is 0 Å². The maximum absolute atomic E-state index is 4.56. The Morgan fingerprint density at radius 3 is 2.94 bits per heavy atom. The number of nitrogens with zero attached hydrogens (tertiary/aromatic N) is 3. The van der Waals surface area contributed by atoms with Crippen molar-refractivity contribution >= 4 is 11.3 Å². The van der Waals surface area contributed by atoms with Crippen molar-refractivity contribution in [1.29, 1.82) is 0 Å². The lowest BCUT2D eigenvalue weighted by atomic mass is 10.3. The fraction of sp³-hybridized carbons (Fsp3) is 0.0833. The third-order valence-electron chi connectivity index (χ3n) is 2.44. The van der Waals surface area contributed by atoms with E-state index in [1.807, 2.05) is 37.5 Å². The molecule has 0 atom stereocenters. The molecule has 0 saturated heterocycles. The van der Waals surface area contributed by atoms with Crippen molar-refractivity contribution in [3.05, 3.63) is 42.5 Å². The third-order valence-corrected chi connectivity index (χ3v) is 3.67. The molecule has 3 heterocycles. The van der Waals surface area contributed by atoms with E-state index in [0.29, 0.717) is 0 Å². The Morgan fingerprint density at radius 1 is 1.29 bits per heavy atom. The van der Waals surface area contributed by atoms with Gasteiger partial charge in [-0.2, -0.15) is 5.10 Å². The highest BCUT2D eigenvalue weighted by atomic mass is 32.1. The van der Waals surface area contributed by atoms with Gasteiger partial charge in [-0.3, -0.25) is 10.1 Å². The largest absolute Gasteiger partial charge is 0.285 e. The average molecular weight is 242 g/mol. The molecule has 0 bridgehead atoms. The summed E-state index contributed by atoms with van der Waals surface area (Å²) >= 11 is 1.64. The molecular formula is C12H10N4S. The van der Waals surface area contributed by atoms with E-state index in [4.69, 9.17) is 0 Å². The van der Waals surface area contributed by atoms with Crippen LogP contribution in [0.1, 0.15) is 5.69 Å². The van der Waals surface area contributed by atoms with Crippen LogP contribution in [0.5, 0.6) is 0 Å². The minimum Gasteiger partial charge on any atom is -0.285 e. The van der Waals surface area contributed by atoms with Gasteiger partial charge >= 0.3 is 0 Å². The fourth-order valence-electron chi connectivity index (χ4n) is 1.63. The van der Waals surface area contributed by atoms with Crippen molar-refractivity contribution in [1.82, 2.24) is 20.2 Å². The monoisotopic (exact) mass is 242 g/mol. The minimum absolute atomic E-state index is 0.940. The number of pyridine rings is 1. The second-order valence-corrected chi connectivity index (χ2v) is 4.63. The van der Waals surface area contributed by atoms with Gasteiger partial charge in [0.2, 0.25) is 0 Å². The molecule has 0 amide bonds. The molecule has 0 saturated carbocycles. The van der Waals surface area contributed by atoms with E-state index in [9.17, 15) is 0 Å². The molecule has 1 N–H and O–H groups in total. The molecule has 3 aromatic heterocycles. The molecule has 0 aliphatic rings. The molecule has 0 aliphatic carbocycles. The number of nitrogens with one attached hydrogen (secondary N) is 1. The van der Waals surface area contributed by atoms with Gasteiger partial charge in [-0.25, -0.2) is 4.98 Å². The van der Waals surface area contributed by atoms with Crippen molar-refractivity contribution in [3.63, 3.8) is 0 Å². The molecule has 0 fully saturated rings. The summed E-state index contributed by atoms with van der Waals surface area (Å²) in [5.41, 5.74) is 2.98. The Morgan fingerprint density at radius 2 is 2.24 bits per heavy atom. The quantitative estimate of drug-likeness (QED) is 0.751. The third kappa shape index (κ3) is 1.85.